The van der Waals surface area contributed by atoms with Crippen molar-refractivity contribution in [3.05, 3.63) is 42.7 Å². The average Bonchev–Trinajstić information content (AvgIpc) is 2.73. The van der Waals surface area contributed by atoms with Crippen molar-refractivity contribution in [2.75, 3.05) is 36.8 Å². The highest BCUT2D eigenvalue weighted by Gasteiger charge is 2.25. The van der Waals surface area contributed by atoms with Crippen LogP contribution in [0.1, 0.15) is 13.3 Å². The van der Waals surface area contributed by atoms with Crippen LogP contribution in [0.25, 0.3) is 0 Å². The zero-order chi connectivity index (χ0) is 17.8. The van der Waals surface area contributed by atoms with Crippen molar-refractivity contribution in [3.63, 3.8) is 0 Å². The maximum atomic E-state index is 4.82. The number of amidine groups is 1. The fraction of sp³-hybridized carbons (Fsp3) is 0.421. The topological polar surface area (TPSA) is 56.7 Å². The van der Waals surface area contributed by atoms with Crippen LogP contribution in [0, 0.1) is 0 Å². The van der Waals surface area contributed by atoms with Gasteiger partial charge in [-0.3, -0.25) is 4.90 Å². The average molecular weight is 369 g/mol. The number of aromatic nitrogens is 2. The molecule has 7 heteroatoms. The van der Waals surface area contributed by atoms with E-state index < -0.39 is 0 Å². The summed E-state index contributed by atoms with van der Waals surface area (Å²) in [5, 5.41) is 3.68. The van der Waals surface area contributed by atoms with Gasteiger partial charge in [-0.05, 0) is 24.6 Å². The molecule has 2 aromatic rings. The van der Waals surface area contributed by atoms with E-state index in [1.165, 1.54) is 4.90 Å². The van der Waals surface area contributed by atoms with Gasteiger partial charge < -0.3 is 10.2 Å². The number of hydrogen-bond acceptors (Lipinski definition) is 7. The Morgan fingerprint density at radius 2 is 1.85 bits per heavy atom. The van der Waals surface area contributed by atoms with Crippen LogP contribution in [0.3, 0.4) is 0 Å². The first kappa shape index (κ1) is 17.3. The molecule has 0 spiro atoms. The first-order valence-electron chi connectivity index (χ1n) is 9.15. The Hall–Kier alpha value is -2.12. The van der Waals surface area contributed by atoms with Crippen LogP contribution >= 0.6 is 11.8 Å². The van der Waals surface area contributed by atoms with E-state index in [0.29, 0.717) is 6.17 Å². The normalized spacial score (nSPS) is 18.8. The number of para-hydroxylation sites is 1. The molecule has 1 unspecified atom stereocenters. The first-order valence-corrected chi connectivity index (χ1v) is 10.1. The Balaban J connectivity index is 1.38. The van der Waals surface area contributed by atoms with Gasteiger partial charge in [0.05, 0.1) is 17.6 Å². The monoisotopic (exact) mass is 368 g/mol. The fourth-order valence-electron chi connectivity index (χ4n) is 3.40. The molecule has 0 saturated carbocycles. The van der Waals surface area contributed by atoms with Gasteiger partial charge >= 0.3 is 0 Å². The lowest BCUT2D eigenvalue weighted by Gasteiger charge is -2.39. The van der Waals surface area contributed by atoms with Crippen LogP contribution in [-0.2, 0) is 0 Å². The number of nitrogens with one attached hydrogen (secondary N) is 1. The van der Waals surface area contributed by atoms with E-state index in [1.54, 1.807) is 0 Å². The summed E-state index contributed by atoms with van der Waals surface area (Å²) in [6.07, 6.45) is 4.98. The molecule has 1 N–H and O–H groups in total. The summed E-state index contributed by atoms with van der Waals surface area (Å²) in [7, 11) is 0. The van der Waals surface area contributed by atoms with Gasteiger partial charge in [-0.25, -0.2) is 15.0 Å². The molecule has 6 nitrogen and oxygen atoms in total. The van der Waals surface area contributed by atoms with Crippen molar-refractivity contribution in [2.45, 2.75) is 24.4 Å². The van der Waals surface area contributed by atoms with Crippen molar-refractivity contribution in [2.24, 2.45) is 4.99 Å². The molecular weight excluding hydrogens is 344 g/mol. The highest BCUT2D eigenvalue weighted by molar-refractivity contribution is 8.00. The third-order valence-electron chi connectivity index (χ3n) is 4.79. The second-order valence-electron chi connectivity index (χ2n) is 6.46. The van der Waals surface area contributed by atoms with Gasteiger partial charge in [0.15, 0.2) is 0 Å². The van der Waals surface area contributed by atoms with Gasteiger partial charge in [-0.15, -0.1) is 11.8 Å². The predicted octanol–water partition coefficient (Wildman–Crippen LogP) is 2.76. The third-order valence-corrected chi connectivity index (χ3v) is 5.87. The largest absolute Gasteiger partial charge is 0.357 e. The molecule has 136 valence electrons. The van der Waals surface area contributed by atoms with Crippen LogP contribution in [0.2, 0.25) is 0 Å². The lowest BCUT2D eigenvalue weighted by Crippen LogP contribution is -2.56. The van der Waals surface area contributed by atoms with Gasteiger partial charge in [0.2, 0.25) is 5.95 Å². The predicted molar refractivity (Wildman–Crippen MR) is 107 cm³/mol. The van der Waals surface area contributed by atoms with Crippen LogP contribution in [0.4, 0.5) is 11.6 Å². The number of benzene rings is 1. The van der Waals surface area contributed by atoms with Crippen molar-refractivity contribution < 1.29 is 0 Å². The Kier molecular flexibility index (Phi) is 5.36. The zero-order valence-electron chi connectivity index (χ0n) is 15.0. The molecule has 0 amide bonds. The number of piperazine rings is 1. The van der Waals surface area contributed by atoms with E-state index in [1.807, 2.05) is 36.3 Å². The van der Waals surface area contributed by atoms with Crippen LogP contribution in [0.5, 0.6) is 0 Å². The van der Waals surface area contributed by atoms with Gasteiger partial charge in [-0.1, -0.05) is 19.1 Å². The zero-order valence-corrected chi connectivity index (χ0v) is 15.8. The molecule has 4 rings (SSSR count). The molecule has 1 saturated heterocycles. The number of rotatable bonds is 4. The molecule has 1 aromatic heterocycles. The summed E-state index contributed by atoms with van der Waals surface area (Å²) in [5.41, 5.74) is 1.08. The molecule has 1 atom stereocenters. The summed E-state index contributed by atoms with van der Waals surface area (Å²) in [4.78, 5) is 19.6. The Morgan fingerprint density at radius 3 is 2.62 bits per heavy atom. The van der Waals surface area contributed by atoms with Gasteiger partial charge in [0, 0.05) is 43.5 Å². The summed E-state index contributed by atoms with van der Waals surface area (Å²) >= 11 is 1.86. The number of anilines is 1. The SMILES string of the molecule is CCC(NC1=Nc2ccccc2SC1)N1CCN(c2ncccn2)CC1. The molecule has 0 aliphatic carbocycles. The highest BCUT2D eigenvalue weighted by Crippen LogP contribution is 2.33. The van der Waals surface area contributed by atoms with E-state index in [9.17, 15) is 0 Å². The smallest absolute Gasteiger partial charge is 0.225 e. The van der Waals surface area contributed by atoms with E-state index in [-0.39, 0.29) is 0 Å². The van der Waals surface area contributed by atoms with Crippen molar-refractivity contribution in [1.82, 2.24) is 20.2 Å². The lowest BCUT2D eigenvalue weighted by molar-refractivity contribution is 0.167. The number of thioether (sulfide) groups is 1. The summed E-state index contributed by atoms with van der Waals surface area (Å²) in [6, 6.07) is 10.2. The second kappa shape index (κ2) is 8.05. The Morgan fingerprint density at radius 1 is 1.08 bits per heavy atom. The molecule has 2 aliphatic rings. The van der Waals surface area contributed by atoms with Crippen LogP contribution < -0.4 is 10.2 Å². The van der Waals surface area contributed by atoms with E-state index in [4.69, 9.17) is 4.99 Å². The quantitative estimate of drug-likeness (QED) is 0.896. The molecule has 26 heavy (non-hydrogen) atoms. The molecule has 3 heterocycles. The minimum atomic E-state index is 0.318. The fourth-order valence-corrected chi connectivity index (χ4v) is 4.28. The number of fused-ring (bicyclic) bond motifs is 1. The number of aliphatic imine (C=N–C) groups is 1. The third kappa shape index (κ3) is 3.83. The molecule has 2 aliphatic heterocycles. The second-order valence-corrected chi connectivity index (χ2v) is 7.47. The molecular formula is C19H24N6S. The molecule has 1 fully saturated rings. The Labute approximate surface area is 158 Å². The van der Waals surface area contributed by atoms with Crippen molar-refractivity contribution in [1.29, 1.82) is 0 Å². The van der Waals surface area contributed by atoms with Gasteiger partial charge in [-0.2, -0.15) is 0 Å². The van der Waals surface area contributed by atoms with Gasteiger partial charge in [0.1, 0.15) is 5.84 Å². The van der Waals surface area contributed by atoms with Crippen molar-refractivity contribution in [3.8, 4) is 0 Å². The maximum absolute atomic E-state index is 4.82. The molecule has 0 radical (unpaired) electrons. The number of hydrogen-bond donors (Lipinski definition) is 1. The summed E-state index contributed by atoms with van der Waals surface area (Å²) in [6.45, 7) is 6.13. The minimum Gasteiger partial charge on any atom is -0.357 e. The van der Waals surface area contributed by atoms with E-state index in [0.717, 1.165) is 55.8 Å². The number of nitrogens with zero attached hydrogens (tertiary/aromatic N) is 5. The summed E-state index contributed by atoms with van der Waals surface area (Å²) in [5.74, 6) is 2.82. The molecule has 1 aromatic carbocycles. The van der Waals surface area contributed by atoms with E-state index >= 15 is 0 Å². The van der Waals surface area contributed by atoms with Crippen molar-refractivity contribution >= 4 is 29.2 Å². The van der Waals surface area contributed by atoms with E-state index in [2.05, 4.69) is 50.2 Å². The lowest BCUT2D eigenvalue weighted by atomic mass is 10.2. The molecule has 0 bridgehead atoms. The Bertz CT molecular complexity index is 758. The minimum absolute atomic E-state index is 0.318. The first-order chi connectivity index (χ1) is 12.8. The maximum Gasteiger partial charge on any atom is 0.225 e. The summed E-state index contributed by atoms with van der Waals surface area (Å²) < 4.78 is 0. The van der Waals surface area contributed by atoms with Crippen LogP contribution in [-0.4, -0.2) is 58.8 Å². The standard InChI is InChI=1S/C19H24N6S/c1-2-18(23-17-14-26-16-7-4-3-6-15(16)22-17)24-10-12-25(13-11-24)19-20-8-5-9-21-19/h3-9,18H,2,10-14H2,1H3,(H,22,23). The van der Waals surface area contributed by atoms with Gasteiger partial charge in [0.25, 0.3) is 0 Å². The van der Waals surface area contributed by atoms with Crippen LogP contribution in [0.15, 0.2) is 52.6 Å². The highest BCUT2D eigenvalue weighted by atomic mass is 32.2.